The molecular weight excluding hydrogens is 254 g/mol. The second-order valence-electron chi connectivity index (χ2n) is 6.35. The molecule has 0 N–H and O–H groups in total. The smallest absolute Gasteiger partial charge is 0.248 e. The quantitative estimate of drug-likeness (QED) is 0.751. The fraction of sp³-hybridized carbons (Fsp3) is 0.938. The molecule has 0 radical (unpaired) electrons. The monoisotopic (exact) mass is 283 g/mol. The van der Waals surface area contributed by atoms with Crippen LogP contribution in [-0.4, -0.2) is 49.8 Å². The van der Waals surface area contributed by atoms with E-state index in [0.717, 1.165) is 51.5 Å². The lowest BCUT2D eigenvalue weighted by Gasteiger charge is -2.28. The highest BCUT2D eigenvalue weighted by atomic mass is 16.5. The van der Waals surface area contributed by atoms with Crippen LogP contribution in [0.5, 0.6) is 0 Å². The minimum absolute atomic E-state index is 0.137. The first-order chi connectivity index (χ1) is 9.69. The van der Waals surface area contributed by atoms with Crippen molar-refractivity contribution >= 4 is 5.91 Å². The fourth-order valence-electron chi connectivity index (χ4n) is 3.12. The van der Waals surface area contributed by atoms with Gasteiger partial charge in [-0.15, -0.1) is 0 Å². The van der Waals surface area contributed by atoms with Crippen LogP contribution in [0.3, 0.4) is 0 Å². The standard InChI is InChI=1S/C16H29NO3/c1-3-17(10-14-8-9-19-11-14)16(18)12-20-15-6-4-13(2)5-7-15/h13-15H,3-12H2,1-2H3. The summed E-state index contributed by atoms with van der Waals surface area (Å²) in [7, 11) is 0. The molecule has 1 saturated carbocycles. The van der Waals surface area contributed by atoms with Crippen molar-refractivity contribution in [1.29, 1.82) is 0 Å². The highest BCUT2D eigenvalue weighted by Crippen LogP contribution is 2.25. The highest BCUT2D eigenvalue weighted by molar-refractivity contribution is 5.77. The molecule has 2 aliphatic rings. The number of amides is 1. The molecule has 1 aliphatic carbocycles. The second-order valence-corrected chi connectivity index (χ2v) is 6.35. The fourth-order valence-corrected chi connectivity index (χ4v) is 3.12. The Balaban J connectivity index is 1.68. The summed E-state index contributed by atoms with van der Waals surface area (Å²) < 4.78 is 11.2. The highest BCUT2D eigenvalue weighted by Gasteiger charge is 2.23. The molecule has 0 bridgehead atoms. The Hall–Kier alpha value is -0.610. The largest absolute Gasteiger partial charge is 0.381 e. The molecule has 1 saturated heterocycles. The topological polar surface area (TPSA) is 38.8 Å². The zero-order chi connectivity index (χ0) is 14.4. The van der Waals surface area contributed by atoms with Gasteiger partial charge in [0.1, 0.15) is 6.61 Å². The summed E-state index contributed by atoms with van der Waals surface area (Å²) in [5.74, 6) is 1.47. The maximum atomic E-state index is 12.2. The Labute approximate surface area is 122 Å². The van der Waals surface area contributed by atoms with Crippen molar-refractivity contribution in [3.63, 3.8) is 0 Å². The van der Waals surface area contributed by atoms with E-state index in [1.807, 2.05) is 11.8 Å². The minimum atomic E-state index is 0.137. The van der Waals surface area contributed by atoms with Gasteiger partial charge in [0.2, 0.25) is 5.91 Å². The van der Waals surface area contributed by atoms with Crippen molar-refractivity contribution in [3.8, 4) is 0 Å². The van der Waals surface area contributed by atoms with E-state index in [4.69, 9.17) is 9.47 Å². The number of rotatable bonds is 6. The number of carbonyl (C=O) groups is 1. The van der Waals surface area contributed by atoms with Crippen molar-refractivity contribution in [2.45, 2.75) is 52.1 Å². The molecule has 0 aromatic rings. The number of hydrogen-bond acceptors (Lipinski definition) is 3. The van der Waals surface area contributed by atoms with Crippen molar-refractivity contribution < 1.29 is 14.3 Å². The van der Waals surface area contributed by atoms with Gasteiger partial charge in [-0.2, -0.15) is 0 Å². The van der Waals surface area contributed by atoms with Crippen LogP contribution in [0.15, 0.2) is 0 Å². The van der Waals surface area contributed by atoms with Crippen LogP contribution in [0.4, 0.5) is 0 Å². The van der Waals surface area contributed by atoms with E-state index in [2.05, 4.69) is 6.92 Å². The summed E-state index contributed by atoms with van der Waals surface area (Å²) in [6.07, 6.45) is 6.05. The number of nitrogens with zero attached hydrogens (tertiary/aromatic N) is 1. The molecule has 0 aromatic heterocycles. The van der Waals surface area contributed by atoms with E-state index < -0.39 is 0 Å². The lowest BCUT2D eigenvalue weighted by molar-refractivity contribution is -0.139. The molecule has 1 atom stereocenters. The Morgan fingerprint density at radius 1 is 1.25 bits per heavy atom. The van der Waals surface area contributed by atoms with Crippen LogP contribution in [0.1, 0.15) is 46.0 Å². The van der Waals surface area contributed by atoms with Crippen molar-refractivity contribution in [3.05, 3.63) is 0 Å². The maximum Gasteiger partial charge on any atom is 0.248 e. The summed E-state index contributed by atoms with van der Waals surface area (Å²) in [6.45, 7) is 7.80. The van der Waals surface area contributed by atoms with Gasteiger partial charge in [0.05, 0.1) is 12.7 Å². The Bertz CT molecular complexity index is 294. The molecule has 4 nitrogen and oxygen atoms in total. The number of likely N-dealkylation sites (N-methyl/N-ethyl adjacent to an activating group) is 1. The van der Waals surface area contributed by atoms with E-state index in [1.54, 1.807) is 0 Å². The van der Waals surface area contributed by atoms with Gasteiger partial charge in [0.15, 0.2) is 0 Å². The lowest BCUT2D eigenvalue weighted by atomic mass is 9.89. The molecule has 20 heavy (non-hydrogen) atoms. The molecular formula is C16H29NO3. The third-order valence-corrected chi connectivity index (χ3v) is 4.64. The molecule has 1 aliphatic heterocycles. The third-order valence-electron chi connectivity index (χ3n) is 4.64. The molecule has 116 valence electrons. The average molecular weight is 283 g/mol. The van der Waals surface area contributed by atoms with Crippen LogP contribution in [0.25, 0.3) is 0 Å². The van der Waals surface area contributed by atoms with Crippen molar-refractivity contribution in [2.75, 3.05) is 32.9 Å². The van der Waals surface area contributed by atoms with Crippen LogP contribution in [-0.2, 0) is 14.3 Å². The lowest BCUT2D eigenvalue weighted by Crippen LogP contribution is -2.39. The Morgan fingerprint density at radius 3 is 2.60 bits per heavy atom. The van der Waals surface area contributed by atoms with E-state index in [0.29, 0.717) is 12.0 Å². The van der Waals surface area contributed by atoms with Crippen LogP contribution in [0.2, 0.25) is 0 Å². The van der Waals surface area contributed by atoms with Gasteiger partial charge in [-0.05, 0) is 44.9 Å². The molecule has 4 heteroatoms. The normalized spacial score (nSPS) is 30.4. The molecule has 2 fully saturated rings. The van der Waals surface area contributed by atoms with Gasteiger partial charge in [0, 0.05) is 25.6 Å². The van der Waals surface area contributed by atoms with Crippen LogP contribution < -0.4 is 0 Å². The van der Waals surface area contributed by atoms with Crippen LogP contribution >= 0.6 is 0 Å². The number of hydrogen-bond donors (Lipinski definition) is 0. The predicted octanol–water partition coefficient (Wildman–Crippen LogP) is 2.47. The second kappa shape index (κ2) is 7.99. The minimum Gasteiger partial charge on any atom is -0.381 e. The Morgan fingerprint density at radius 2 is 2.00 bits per heavy atom. The van der Waals surface area contributed by atoms with Gasteiger partial charge in [-0.1, -0.05) is 6.92 Å². The van der Waals surface area contributed by atoms with Gasteiger partial charge >= 0.3 is 0 Å². The van der Waals surface area contributed by atoms with Crippen molar-refractivity contribution in [2.24, 2.45) is 11.8 Å². The molecule has 2 rings (SSSR count). The van der Waals surface area contributed by atoms with Gasteiger partial charge in [0.25, 0.3) is 0 Å². The third kappa shape index (κ3) is 4.74. The van der Waals surface area contributed by atoms with E-state index in [-0.39, 0.29) is 12.5 Å². The van der Waals surface area contributed by atoms with E-state index in [1.165, 1.54) is 12.8 Å². The molecule has 1 heterocycles. The summed E-state index contributed by atoms with van der Waals surface area (Å²) in [4.78, 5) is 14.2. The predicted molar refractivity (Wildman–Crippen MR) is 78.6 cm³/mol. The summed E-state index contributed by atoms with van der Waals surface area (Å²) in [5, 5.41) is 0. The maximum absolute atomic E-state index is 12.2. The Kier molecular flexibility index (Phi) is 6.30. The SMILES string of the molecule is CCN(CC1CCOC1)C(=O)COC1CCC(C)CC1. The van der Waals surface area contributed by atoms with Gasteiger partial charge in [-0.3, -0.25) is 4.79 Å². The van der Waals surface area contributed by atoms with E-state index >= 15 is 0 Å². The molecule has 0 spiro atoms. The average Bonchev–Trinajstić information content (AvgIpc) is 2.97. The van der Waals surface area contributed by atoms with Crippen LogP contribution in [0, 0.1) is 11.8 Å². The zero-order valence-corrected chi connectivity index (χ0v) is 13.0. The first kappa shape index (κ1) is 15.8. The summed E-state index contributed by atoms with van der Waals surface area (Å²) >= 11 is 0. The zero-order valence-electron chi connectivity index (χ0n) is 13.0. The summed E-state index contributed by atoms with van der Waals surface area (Å²) in [6, 6.07) is 0. The first-order valence-electron chi connectivity index (χ1n) is 8.16. The van der Waals surface area contributed by atoms with Gasteiger partial charge in [-0.25, -0.2) is 0 Å². The molecule has 1 unspecified atom stereocenters. The van der Waals surface area contributed by atoms with Crippen molar-refractivity contribution in [1.82, 2.24) is 4.90 Å². The van der Waals surface area contributed by atoms with Gasteiger partial charge < -0.3 is 14.4 Å². The molecule has 0 aromatic carbocycles. The summed E-state index contributed by atoms with van der Waals surface area (Å²) in [5.41, 5.74) is 0. The number of ether oxygens (including phenoxy) is 2. The van der Waals surface area contributed by atoms with E-state index in [9.17, 15) is 4.79 Å². The first-order valence-corrected chi connectivity index (χ1v) is 8.16. The molecule has 1 amide bonds. The number of carbonyl (C=O) groups excluding carboxylic acids is 1.